The summed E-state index contributed by atoms with van der Waals surface area (Å²) in [5.41, 5.74) is 1.45. The molecule has 0 saturated carbocycles. The molecule has 1 aliphatic heterocycles. The van der Waals surface area contributed by atoms with E-state index in [2.05, 4.69) is 57.6 Å². The van der Waals surface area contributed by atoms with Crippen molar-refractivity contribution >= 4 is 29.9 Å². The first-order valence-electron chi connectivity index (χ1n) is 10.1. The van der Waals surface area contributed by atoms with Gasteiger partial charge in [-0.2, -0.15) is 4.98 Å². The monoisotopic (exact) mass is 497 g/mol. The Kier molecular flexibility index (Phi) is 9.73. The molecule has 2 heterocycles. The zero-order valence-electron chi connectivity index (χ0n) is 16.9. The van der Waals surface area contributed by atoms with Crippen molar-refractivity contribution in [3.8, 4) is 0 Å². The number of piperidine rings is 1. The number of benzene rings is 1. The number of hydrogen-bond donors (Lipinski definition) is 1. The van der Waals surface area contributed by atoms with Gasteiger partial charge in [0.25, 0.3) is 0 Å². The minimum absolute atomic E-state index is 0. The Morgan fingerprint density at radius 2 is 2.00 bits per heavy atom. The first-order valence-corrected chi connectivity index (χ1v) is 10.1. The van der Waals surface area contributed by atoms with Crippen LogP contribution in [0.4, 0.5) is 0 Å². The maximum Gasteiger partial charge on any atom is 0.226 e. The molecule has 1 aromatic carbocycles. The van der Waals surface area contributed by atoms with Crippen LogP contribution < -0.4 is 5.32 Å². The molecule has 6 nitrogen and oxygen atoms in total. The van der Waals surface area contributed by atoms with Crippen molar-refractivity contribution in [2.45, 2.75) is 46.0 Å². The van der Waals surface area contributed by atoms with Crippen LogP contribution >= 0.6 is 24.0 Å². The smallest absolute Gasteiger partial charge is 0.226 e. The summed E-state index contributed by atoms with van der Waals surface area (Å²) in [4.78, 5) is 11.5. The lowest BCUT2D eigenvalue weighted by Gasteiger charge is -2.34. The molecule has 1 aromatic heterocycles. The predicted molar refractivity (Wildman–Crippen MR) is 123 cm³/mol. The number of nitrogens with zero attached hydrogens (tertiary/aromatic N) is 4. The van der Waals surface area contributed by atoms with E-state index in [9.17, 15) is 0 Å². The average Bonchev–Trinajstić information content (AvgIpc) is 3.11. The molecular formula is C21H32IN5O. The van der Waals surface area contributed by atoms with E-state index in [4.69, 9.17) is 9.52 Å². The van der Waals surface area contributed by atoms with Gasteiger partial charge in [-0.15, -0.1) is 24.0 Å². The van der Waals surface area contributed by atoms with Crippen molar-refractivity contribution in [3.63, 3.8) is 0 Å². The maximum atomic E-state index is 5.16. The SMILES string of the molecule is CCNC(=NCCCc1nc(C)no1)N1CCC(Cc2ccccc2)CC1.I. The van der Waals surface area contributed by atoms with Gasteiger partial charge >= 0.3 is 0 Å². The Bertz CT molecular complexity index is 711. The second kappa shape index (κ2) is 12.0. The Morgan fingerprint density at radius 1 is 1.25 bits per heavy atom. The summed E-state index contributed by atoms with van der Waals surface area (Å²) in [7, 11) is 0. The molecule has 1 N–H and O–H groups in total. The van der Waals surface area contributed by atoms with Gasteiger partial charge in [-0.1, -0.05) is 35.5 Å². The largest absolute Gasteiger partial charge is 0.357 e. The van der Waals surface area contributed by atoms with Gasteiger partial charge in [0.2, 0.25) is 5.89 Å². The molecule has 0 aliphatic carbocycles. The quantitative estimate of drug-likeness (QED) is 0.273. The summed E-state index contributed by atoms with van der Waals surface area (Å²) in [5, 5.41) is 7.27. The Labute approximate surface area is 185 Å². The van der Waals surface area contributed by atoms with E-state index in [-0.39, 0.29) is 24.0 Å². The van der Waals surface area contributed by atoms with Crippen molar-refractivity contribution in [2.24, 2.45) is 10.9 Å². The van der Waals surface area contributed by atoms with Gasteiger partial charge in [-0.3, -0.25) is 4.99 Å². The molecule has 1 saturated heterocycles. The highest BCUT2D eigenvalue weighted by atomic mass is 127. The van der Waals surface area contributed by atoms with Crippen molar-refractivity contribution in [1.29, 1.82) is 0 Å². The highest BCUT2D eigenvalue weighted by Crippen LogP contribution is 2.21. The maximum absolute atomic E-state index is 5.16. The van der Waals surface area contributed by atoms with Crippen LogP contribution in [0.2, 0.25) is 0 Å². The molecule has 0 spiro atoms. The van der Waals surface area contributed by atoms with Gasteiger partial charge in [0.15, 0.2) is 11.8 Å². The van der Waals surface area contributed by atoms with E-state index in [0.29, 0.717) is 11.7 Å². The lowest BCUT2D eigenvalue weighted by molar-refractivity contribution is 0.259. The van der Waals surface area contributed by atoms with Crippen molar-refractivity contribution in [1.82, 2.24) is 20.4 Å². The average molecular weight is 497 g/mol. The number of aromatic nitrogens is 2. The summed E-state index contributed by atoms with van der Waals surface area (Å²) in [6, 6.07) is 10.8. The molecule has 1 fully saturated rings. The zero-order valence-corrected chi connectivity index (χ0v) is 19.3. The van der Waals surface area contributed by atoms with E-state index >= 15 is 0 Å². The summed E-state index contributed by atoms with van der Waals surface area (Å²) in [5.74, 6) is 3.21. The molecule has 0 unspecified atom stereocenters. The lowest BCUT2D eigenvalue weighted by atomic mass is 9.90. The minimum atomic E-state index is 0. The van der Waals surface area contributed by atoms with E-state index in [1.165, 1.54) is 24.8 Å². The fourth-order valence-electron chi connectivity index (χ4n) is 3.58. The van der Waals surface area contributed by atoms with Gasteiger partial charge in [-0.05, 0) is 51.0 Å². The van der Waals surface area contributed by atoms with Crippen LogP contribution in [0.3, 0.4) is 0 Å². The Morgan fingerprint density at radius 3 is 2.64 bits per heavy atom. The lowest BCUT2D eigenvalue weighted by Crippen LogP contribution is -2.46. The van der Waals surface area contributed by atoms with Crippen LogP contribution in [0.1, 0.15) is 43.5 Å². The second-order valence-corrected chi connectivity index (χ2v) is 7.19. The zero-order chi connectivity index (χ0) is 18.9. The van der Waals surface area contributed by atoms with Gasteiger partial charge < -0.3 is 14.7 Å². The summed E-state index contributed by atoms with van der Waals surface area (Å²) in [6.45, 7) is 7.78. The van der Waals surface area contributed by atoms with Gasteiger partial charge in [0.1, 0.15) is 0 Å². The summed E-state index contributed by atoms with van der Waals surface area (Å²) >= 11 is 0. The molecule has 154 valence electrons. The van der Waals surface area contributed by atoms with Crippen molar-refractivity contribution < 1.29 is 4.52 Å². The Balaban J connectivity index is 0.00000280. The number of aryl methyl sites for hydroxylation is 2. The number of rotatable bonds is 7. The fraction of sp³-hybridized carbons (Fsp3) is 0.571. The number of nitrogens with one attached hydrogen (secondary N) is 1. The van der Waals surface area contributed by atoms with Crippen LogP contribution in [0.15, 0.2) is 39.8 Å². The number of aliphatic imine (C=N–C) groups is 1. The Hall–Kier alpha value is -1.64. The molecule has 7 heteroatoms. The molecule has 2 aromatic rings. The molecule has 0 atom stereocenters. The first kappa shape index (κ1) is 22.6. The summed E-state index contributed by atoms with van der Waals surface area (Å²) in [6.07, 6.45) is 5.33. The third kappa shape index (κ3) is 7.07. The van der Waals surface area contributed by atoms with Crippen LogP contribution in [0.5, 0.6) is 0 Å². The fourth-order valence-corrected chi connectivity index (χ4v) is 3.58. The molecule has 1 aliphatic rings. The van der Waals surface area contributed by atoms with Crippen molar-refractivity contribution in [3.05, 3.63) is 47.6 Å². The topological polar surface area (TPSA) is 66.5 Å². The van der Waals surface area contributed by atoms with Gasteiger partial charge in [0.05, 0.1) is 0 Å². The van der Waals surface area contributed by atoms with E-state index in [1.54, 1.807) is 0 Å². The number of hydrogen-bond acceptors (Lipinski definition) is 4. The van der Waals surface area contributed by atoms with Gasteiger partial charge in [0, 0.05) is 32.6 Å². The number of guanidine groups is 1. The minimum Gasteiger partial charge on any atom is -0.357 e. The molecule has 28 heavy (non-hydrogen) atoms. The van der Waals surface area contributed by atoms with E-state index < -0.39 is 0 Å². The second-order valence-electron chi connectivity index (χ2n) is 7.19. The third-order valence-electron chi connectivity index (χ3n) is 5.00. The van der Waals surface area contributed by atoms with Crippen LogP contribution in [0.25, 0.3) is 0 Å². The van der Waals surface area contributed by atoms with Crippen molar-refractivity contribution in [2.75, 3.05) is 26.2 Å². The van der Waals surface area contributed by atoms with Crippen LogP contribution in [-0.4, -0.2) is 47.2 Å². The van der Waals surface area contributed by atoms with Crippen LogP contribution in [-0.2, 0) is 12.8 Å². The first-order chi connectivity index (χ1) is 13.2. The van der Waals surface area contributed by atoms with Gasteiger partial charge in [-0.25, -0.2) is 0 Å². The predicted octanol–water partition coefficient (Wildman–Crippen LogP) is 3.85. The normalized spacial score (nSPS) is 15.4. The third-order valence-corrected chi connectivity index (χ3v) is 5.00. The number of likely N-dealkylation sites (tertiary alicyclic amines) is 1. The number of halogens is 1. The standard InChI is InChI=1S/C21H31N5O.HI/c1-3-22-21(23-13-7-10-20-24-17(2)25-27-20)26-14-11-19(12-15-26)16-18-8-5-4-6-9-18;/h4-6,8-9,19H,3,7,10-16H2,1-2H3,(H,22,23);1H. The molecule has 0 radical (unpaired) electrons. The molecule has 0 amide bonds. The summed E-state index contributed by atoms with van der Waals surface area (Å²) < 4.78 is 5.16. The van der Waals surface area contributed by atoms with Crippen LogP contribution in [0, 0.1) is 12.8 Å². The molecular weight excluding hydrogens is 465 g/mol. The van der Waals surface area contributed by atoms with E-state index in [0.717, 1.165) is 50.9 Å². The molecule has 3 rings (SSSR count). The highest BCUT2D eigenvalue weighted by molar-refractivity contribution is 14.0. The van der Waals surface area contributed by atoms with E-state index in [1.807, 2.05) is 6.92 Å². The molecule has 0 bridgehead atoms. The highest BCUT2D eigenvalue weighted by Gasteiger charge is 2.21.